The molecule has 1 aromatic carbocycles. The summed E-state index contributed by atoms with van der Waals surface area (Å²) in [7, 11) is 0. The van der Waals surface area contributed by atoms with Crippen molar-refractivity contribution in [3.8, 4) is 5.75 Å². The average molecular weight is 396 g/mol. The minimum absolute atomic E-state index is 0.112. The fourth-order valence-electron chi connectivity index (χ4n) is 4.03. The van der Waals surface area contributed by atoms with Crippen LogP contribution in [0.4, 0.5) is 0 Å². The van der Waals surface area contributed by atoms with E-state index in [4.69, 9.17) is 14.2 Å². The summed E-state index contributed by atoms with van der Waals surface area (Å²) in [6.45, 7) is 4.25. The van der Waals surface area contributed by atoms with E-state index in [9.17, 15) is 20.4 Å². The van der Waals surface area contributed by atoms with Gasteiger partial charge in [0.1, 0.15) is 36.3 Å². The molecule has 0 aromatic heterocycles. The molecular formula is C21H32O7. The molecule has 7 nitrogen and oxygen atoms in total. The van der Waals surface area contributed by atoms with Crippen molar-refractivity contribution < 1.29 is 34.6 Å². The van der Waals surface area contributed by atoms with E-state index >= 15 is 0 Å². The van der Waals surface area contributed by atoms with Crippen LogP contribution in [0.5, 0.6) is 5.75 Å². The zero-order chi connectivity index (χ0) is 20.3. The van der Waals surface area contributed by atoms with Crippen molar-refractivity contribution in [1.29, 1.82) is 0 Å². The largest absolute Gasteiger partial charge is 0.490 e. The van der Waals surface area contributed by atoms with Crippen LogP contribution in [0.3, 0.4) is 0 Å². The molecule has 7 heteroatoms. The van der Waals surface area contributed by atoms with E-state index in [0.29, 0.717) is 17.4 Å². The third-order valence-corrected chi connectivity index (χ3v) is 5.75. The number of aliphatic hydroxyl groups excluding tert-OH is 4. The van der Waals surface area contributed by atoms with Gasteiger partial charge in [-0.2, -0.15) is 0 Å². The minimum Gasteiger partial charge on any atom is -0.490 e. The number of rotatable bonds is 6. The number of hydrogen-bond acceptors (Lipinski definition) is 7. The van der Waals surface area contributed by atoms with Gasteiger partial charge in [-0.05, 0) is 56.7 Å². The van der Waals surface area contributed by atoms with Crippen molar-refractivity contribution in [2.24, 2.45) is 0 Å². The van der Waals surface area contributed by atoms with Gasteiger partial charge in [-0.1, -0.05) is 12.1 Å². The normalized spacial score (nSPS) is 36.3. The minimum atomic E-state index is -1.39. The molecule has 1 saturated carbocycles. The Hall–Kier alpha value is -1.22. The van der Waals surface area contributed by atoms with Crippen molar-refractivity contribution in [2.75, 3.05) is 13.2 Å². The van der Waals surface area contributed by atoms with Gasteiger partial charge in [0.05, 0.1) is 18.8 Å². The highest BCUT2D eigenvalue weighted by atomic mass is 16.5. The van der Waals surface area contributed by atoms with Crippen LogP contribution in [0.15, 0.2) is 18.2 Å². The van der Waals surface area contributed by atoms with Crippen LogP contribution in [0.1, 0.15) is 49.8 Å². The van der Waals surface area contributed by atoms with E-state index in [1.54, 1.807) is 6.07 Å². The molecule has 0 unspecified atom stereocenters. The van der Waals surface area contributed by atoms with E-state index in [-0.39, 0.29) is 6.10 Å². The predicted molar refractivity (Wildman–Crippen MR) is 102 cm³/mol. The van der Waals surface area contributed by atoms with Gasteiger partial charge in [0.2, 0.25) is 0 Å². The van der Waals surface area contributed by atoms with E-state index < -0.39 is 37.1 Å². The fraction of sp³-hybridized carbons (Fsp3) is 0.714. The van der Waals surface area contributed by atoms with Crippen LogP contribution in [0.2, 0.25) is 0 Å². The zero-order valence-electron chi connectivity index (χ0n) is 16.5. The first-order valence-corrected chi connectivity index (χ1v) is 10.1. The molecule has 28 heavy (non-hydrogen) atoms. The Morgan fingerprint density at radius 2 is 1.68 bits per heavy atom. The highest BCUT2D eigenvalue weighted by Gasteiger charge is 2.44. The standard InChI is InChI=1S/C21H32O7/c1-3-26-14-6-8-15(9-7-14)27-16-10-13(5-4-12(16)2)21-20(25)19(24)18(23)17(11-22)28-21/h4-5,10,14-15,17-25H,3,6-9,11H2,1-2H3/t14?,15?,17-,18-,19+,20-,21+/m1/s1. The Kier molecular flexibility index (Phi) is 7.31. The van der Waals surface area contributed by atoms with Gasteiger partial charge < -0.3 is 34.6 Å². The lowest BCUT2D eigenvalue weighted by Gasteiger charge is -2.40. The number of aliphatic hydroxyl groups is 4. The lowest BCUT2D eigenvalue weighted by Crippen LogP contribution is -2.55. The smallest absolute Gasteiger partial charge is 0.122 e. The van der Waals surface area contributed by atoms with Crippen molar-refractivity contribution in [3.05, 3.63) is 29.3 Å². The third-order valence-electron chi connectivity index (χ3n) is 5.75. The topological polar surface area (TPSA) is 109 Å². The molecule has 158 valence electrons. The van der Waals surface area contributed by atoms with E-state index in [1.807, 2.05) is 26.0 Å². The number of benzene rings is 1. The summed E-state index contributed by atoms with van der Waals surface area (Å²) in [5, 5.41) is 39.8. The molecule has 0 bridgehead atoms. The van der Waals surface area contributed by atoms with Gasteiger partial charge in [-0.15, -0.1) is 0 Å². The maximum Gasteiger partial charge on any atom is 0.122 e. The molecule has 3 rings (SSSR count). The molecule has 1 aliphatic heterocycles. The molecule has 2 fully saturated rings. The molecule has 1 heterocycles. The zero-order valence-corrected chi connectivity index (χ0v) is 16.5. The van der Waals surface area contributed by atoms with Crippen LogP contribution in [-0.4, -0.2) is 70.3 Å². The van der Waals surface area contributed by atoms with E-state index in [0.717, 1.165) is 37.9 Å². The summed E-state index contributed by atoms with van der Waals surface area (Å²) >= 11 is 0. The quantitative estimate of drug-likeness (QED) is 0.573. The van der Waals surface area contributed by atoms with Gasteiger partial charge in [0, 0.05) is 6.61 Å². The molecule has 2 aliphatic rings. The Labute approximate surface area is 165 Å². The molecule has 4 N–H and O–H groups in total. The van der Waals surface area contributed by atoms with E-state index in [1.165, 1.54) is 0 Å². The maximum absolute atomic E-state index is 10.4. The van der Waals surface area contributed by atoms with Crippen molar-refractivity contribution in [2.45, 2.75) is 82.3 Å². The SMILES string of the molecule is CCOC1CCC(Oc2cc([C@@H]3O[C@H](CO)[C@@H](O)[C@H](O)[C@H]3O)ccc2C)CC1. The number of aryl methyl sites for hydroxylation is 1. The Balaban J connectivity index is 1.71. The van der Waals surface area contributed by atoms with Crippen LogP contribution >= 0.6 is 0 Å². The van der Waals surface area contributed by atoms with Gasteiger partial charge in [0.15, 0.2) is 0 Å². The van der Waals surface area contributed by atoms with Gasteiger partial charge >= 0.3 is 0 Å². The second-order valence-corrected chi connectivity index (χ2v) is 7.75. The molecule has 1 saturated heterocycles. The van der Waals surface area contributed by atoms with Crippen LogP contribution in [-0.2, 0) is 9.47 Å². The number of hydrogen-bond donors (Lipinski definition) is 4. The molecule has 0 amide bonds. The van der Waals surface area contributed by atoms with Crippen LogP contribution in [0, 0.1) is 6.92 Å². The first-order chi connectivity index (χ1) is 13.4. The summed E-state index contributed by atoms with van der Waals surface area (Å²) in [5.41, 5.74) is 1.61. The second-order valence-electron chi connectivity index (χ2n) is 7.75. The Morgan fingerprint density at radius 1 is 1.00 bits per heavy atom. The monoisotopic (exact) mass is 396 g/mol. The van der Waals surface area contributed by atoms with Crippen LogP contribution in [0.25, 0.3) is 0 Å². The molecule has 0 spiro atoms. The molecule has 0 radical (unpaired) electrons. The van der Waals surface area contributed by atoms with Crippen molar-refractivity contribution in [3.63, 3.8) is 0 Å². The summed E-state index contributed by atoms with van der Waals surface area (Å²) in [6.07, 6.45) is -1.61. The summed E-state index contributed by atoms with van der Waals surface area (Å²) in [6, 6.07) is 5.51. The average Bonchev–Trinajstić information content (AvgIpc) is 2.70. The highest BCUT2D eigenvalue weighted by molar-refractivity contribution is 5.38. The van der Waals surface area contributed by atoms with Gasteiger partial charge in [-0.3, -0.25) is 0 Å². The van der Waals surface area contributed by atoms with Crippen molar-refractivity contribution >= 4 is 0 Å². The molecular weight excluding hydrogens is 364 g/mol. The predicted octanol–water partition coefficient (Wildman–Crippen LogP) is 1.24. The first-order valence-electron chi connectivity index (χ1n) is 10.1. The maximum atomic E-state index is 10.4. The first kappa shape index (κ1) is 21.5. The van der Waals surface area contributed by atoms with Gasteiger partial charge in [-0.25, -0.2) is 0 Å². The van der Waals surface area contributed by atoms with Crippen LogP contribution < -0.4 is 4.74 Å². The molecule has 1 aliphatic carbocycles. The van der Waals surface area contributed by atoms with Gasteiger partial charge in [0.25, 0.3) is 0 Å². The molecule has 5 atom stereocenters. The lowest BCUT2D eigenvalue weighted by atomic mass is 9.90. The third kappa shape index (κ3) is 4.67. The van der Waals surface area contributed by atoms with E-state index in [2.05, 4.69) is 0 Å². The Bertz CT molecular complexity index is 627. The summed E-state index contributed by atoms with van der Waals surface area (Å²) in [4.78, 5) is 0. The van der Waals surface area contributed by atoms with Crippen molar-refractivity contribution in [1.82, 2.24) is 0 Å². The lowest BCUT2D eigenvalue weighted by molar-refractivity contribution is -0.231. The highest BCUT2D eigenvalue weighted by Crippen LogP contribution is 2.35. The molecule has 1 aromatic rings. The Morgan fingerprint density at radius 3 is 2.32 bits per heavy atom. The second kappa shape index (κ2) is 9.52. The fourth-order valence-corrected chi connectivity index (χ4v) is 4.03. The summed E-state index contributed by atoms with van der Waals surface area (Å²) in [5.74, 6) is 0.717. The summed E-state index contributed by atoms with van der Waals surface area (Å²) < 4.78 is 17.6. The number of ether oxygens (including phenoxy) is 3.